The number of nitrogens with zero attached hydrogens (tertiary/aromatic N) is 3. The second kappa shape index (κ2) is 15.5. The standard InChI is InChI=1S/C16H16N4S.C16H19N3S2/c17-16(15-2-1-11-21-15)19-14-5-3-13(4-6-14)7-9-20-10-8-18-12-20;17-16(15-2-1-10-21-15)18-14-5-3-13(4-6-14)7-8-19-9-11-20-12-19/h1-6,8,10-12H,7,9H2,(H2,17,19);1-6,10H,7-9,11-12H2,(H2,17,18). The second-order valence-corrected chi connectivity index (χ2v) is 12.8. The van der Waals surface area contributed by atoms with Crippen molar-refractivity contribution in [3.05, 3.63) is 123 Å². The summed E-state index contributed by atoms with van der Waals surface area (Å²) in [6.07, 6.45) is 7.67. The van der Waals surface area contributed by atoms with Crippen LogP contribution in [0.3, 0.4) is 0 Å². The Balaban J connectivity index is 0.000000168. The monoisotopic (exact) mass is 613 g/mol. The number of benzene rings is 2. The first-order chi connectivity index (χ1) is 20.6. The van der Waals surface area contributed by atoms with E-state index in [1.54, 1.807) is 28.9 Å². The van der Waals surface area contributed by atoms with E-state index in [-0.39, 0.29) is 0 Å². The molecule has 0 aliphatic carbocycles. The van der Waals surface area contributed by atoms with Crippen LogP contribution in [0.5, 0.6) is 0 Å². The van der Waals surface area contributed by atoms with Crippen molar-refractivity contribution in [2.45, 2.75) is 19.4 Å². The maximum atomic E-state index is 8.02. The molecule has 42 heavy (non-hydrogen) atoms. The number of nitrogens with one attached hydrogen (secondary N) is 4. The second-order valence-electron chi connectivity index (χ2n) is 9.80. The molecule has 0 atom stereocenters. The topological polar surface area (TPSA) is 92.8 Å². The molecule has 0 saturated carbocycles. The highest BCUT2D eigenvalue weighted by Gasteiger charge is 2.11. The van der Waals surface area contributed by atoms with Gasteiger partial charge in [0.15, 0.2) is 0 Å². The van der Waals surface area contributed by atoms with E-state index in [2.05, 4.69) is 61.5 Å². The molecule has 1 aliphatic rings. The molecule has 0 radical (unpaired) electrons. The van der Waals surface area contributed by atoms with Gasteiger partial charge in [-0.25, -0.2) is 4.98 Å². The SMILES string of the molecule is N=C(Nc1ccc(CCN2CCSC2)cc1)c1cccs1.N=C(Nc1ccc(CCn2ccnc2)cc1)c1cccs1. The van der Waals surface area contributed by atoms with Crippen molar-refractivity contribution in [2.24, 2.45) is 0 Å². The molecule has 4 heterocycles. The number of aromatic nitrogens is 2. The summed E-state index contributed by atoms with van der Waals surface area (Å²) in [4.78, 5) is 8.45. The quantitative estimate of drug-likeness (QED) is 0.0976. The van der Waals surface area contributed by atoms with Crippen molar-refractivity contribution in [2.75, 3.05) is 35.4 Å². The third-order valence-electron chi connectivity index (χ3n) is 6.74. The van der Waals surface area contributed by atoms with Gasteiger partial charge < -0.3 is 15.2 Å². The van der Waals surface area contributed by atoms with Crippen LogP contribution in [0.2, 0.25) is 0 Å². The van der Waals surface area contributed by atoms with Gasteiger partial charge in [0.2, 0.25) is 0 Å². The number of aryl methyl sites for hydroxylation is 2. The van der Waals surface area contributed by atoms with Crippen LogP contribution in [0.1, 0.15) is 20.9 Å². The average Bonchev–Trinajstić information content (AvgIpc) is 3.85. The first-order valence-corrected chi connectivity index (χ1v) is 16.8. The number of thiophene rings is 2. The van der Waals surface area contributed by atoms with E-state index in [0.717, 1.165) is 47.1 Å². The summed E-state index contributed by atoms with van der Waals surface area (Å²) in [7, 11) is 0. The lowest BCUT2D eigenvalue weighted by Gasteiger charge is -2.13. The Morgan fingerprint density at radius 1 is 0.762 bits per heavy atom. The first-order valence-electron chi connectivity index (χ1n) is 13.8. The Bertz CT molecular complexity index is 1490. The predicted octanol–water partition coefficient (Wildman–Crippen LogP) is 7.36. The molecule has 10 heteroatoms. The van der Waals surface area contributed by atoms with Crippen LogP contribution in [-0.2, 0) is 19.4 Å². The Labute approximate surface area is 259 Å². The lowest BCUT2D eigenvalue weighted by molar-refractivity contribution is 0.361. The summed E-state index contributed by atoms with van der Waals surface area (Å²) in [5.41, 5.74) is 4.56. The number of imidazole rings is 1. The maximum Gasteiger partial charge on any atom is 0.140 e. The van der Waals surface area contributed by atoms with Crippen molar-refractivity contribution in [1.82, 2.24) is 14.5 Å². The molecule has 1 saturated heterocycles. The van der Waals surface area contributed by atoms with E-state index >= 15 is 0 Å². The van der Waals surface area contributed by atoms with Gasteiger partial charge in [-0.1, -0.05) is 36.4 Å². The van der Waals surface area contributed by atoms with Crippen LogP contribution in [0.25, 0.3) is 0 Å². The van der Waals surface area contributed by atoms with E-state index in [9.17, 15) is 0 Å². The Morgan fingerprint density at radius 2 is 1.33 bits per heavy atom. The highest BCUT2D eigenvalue weighted by molar-refractivity contribution is 7.99. The zero-order valence-electron chi connectivity index (χ0n) is 23.3. The molecule has 1 fully saturated rings. The minimum absolute atomic E-state index is 0.441. The molecule has 0 amide bonds. The highest BCUT2D eigenvalue weighted by atomic mass is 32.2. The van der Waals surface area contributed by atoms with Gasteiger partial charge in [0, 0.05) is 55.0 Å². The molecule has 0 unspecified atom stereocenters. The molecule has 0 bridgehead atoms. The lowest BCUT2D eigenvalue weighted by atomic mass is 10.1. The van der Waals surface area contributed by atoms with Gasteiger partial charge in [-0.05, 0) is 71.1 Å². The first kappa shape index (κ1) is 29.8. The smallest absolute Gasteiger partial charge is 0.140 e. The molecular weight excluding hydrogens is 579 g/mol. The van der Waals surface area contributed by atoms with Gasteiger partial charge in [0.1, 0.15) is 11.7 Å². The van der Waals surface area contributed by atoms with Crippen molar-refractivity contribution in [3.63, 3.8) is 0 Å². The number of anilines is 2. The average molecular weight is 614 g/mol. The Morgan fingerprint density at radius 3 is 1.79 bits per heavy atom. The van der Waals surface area contributed by atoms with Gasteiger partial charge in [0.25, 0.3) is 0 Å². The van der Waals surface area contributed by atoms with Crippen molar-refractivity contribution in [3.8, 4) is 0 Å². The molecule has 6 rings (SSSR count). The van der Waals surface area contributed by atoms with Crippen LogP contribution < -0.4 is 10.6 Å². The van der Waals surface area contributed by atoms with E-state index in [1.807, 2.05) is 71.4 Å². The van der Waals surface area contributed by atoms with Gasteiger partial charge in [-0.3, -0.25) is 15.7 Å². The normalized spacial score (nSPS) is 12.9. The Kier molecular flexibility index (Phi) is 11.0. The van der Waals surface area contributed by atoms with E-state index < -0.39 is 0 Å². The number of rotatable bonds is 10. The fraction of sp³-hybridized carbons (Fsp3) is 0.219. The third kappa shape index (κ3) is 9.15. The third-order valence-corrected chi connectivity index (χ3v) is 9.54. The zero-order valence-corrected chi connectivity index (χ0v) is 25.8. The zero-order chi connectivity index (χ0) is 29.0. The van der Waals surface area contributed by atoms with E-state index in [4.69, 9.17) is 10.8 Å². The number of hydrogen-bond acceptors (Lipinski definition) is 7. The van der Waals surface area contributed by atoms with Gasteiger partial charge >= 0.3 is 0 Å². The predicted molar refractivity (Wildman–Crippen MR) is 181 cm³/mol. The number of hydrogen-bond donors (Lipinski definition) is 4. The maximum absolute atomic E-state index is 8.02. The van der Waals surface area contributed by atoms with Crippen LogP contribution >= 0.6 is 34.4 Å². The van der Waals surface area contributed by atoms with Gasteiger partial charge in [0.05, 0.1) is 16.1 Å². The highest BCUT2D eigenvalue weighted by Crippen LogP contribution is 2.17. The van der Waals surface area contributed by atoms with Gasteiger partial charge in [-0.15, -0.1) is 34.4 Å². The Hall–Kier alpha value is -3.70. The molecule has 1 aliphatic heterocycles. The van der Waals surface area contributed by atoms with E-state index in [1.165, 1.54) is 29.3 Å². The molecule has 4 N–H and O–H groups in total. The fourth-order valence-corrected chi connectivity index (χ4v) is 6.65. The molecule has 2 aromatic carbocycles. The summed E-state index contributed by atoms with van der Waals surface area (Å²) < 4.78 is 2.07. The molecule has 7 nitrogen and oxygen atoms in total. The molecule has 216 valence electrons. The van der Waals surface area contributed by atoms with E-state index in [0.29, 0.717) is 11.7 Å². The van der Waals surface area contributed by atoms with Crippen molar-refractivity contribution >= 4 is 57.5 Å². The number of amidine groups is 2. The van der Waals surface area contributed by atoms with Crippen molar-refractivity contribution < 1.29 is 0 Å². The summed E-state index contributed by atoms with van der Waals surface area (Å²) in [6, 6.07) is 24.5. The largest absolute Gasteiger partial charge is 0.340 e. The molecular formula is C32H35N7S3. The molecule has 3 aromatic heterocycles. The fourth-order valence-electron chi connectivity index (χ4n) is 4.36. The summed E-state index contributed by atoms with van der Waals surface area (Å²) in [6.45, 7) is 3.30. The summed E-state index contributed by atoms with van der Waals surface area (Å²) in [5, 5.41) is 26.3. The van der Waals surface area contributed by atoms with Crippen LogP contribution in [-0.4, -0.2) is 50.8 Å². The molecule has 5 aromatic rings. The molecule has 0 spiro atoms. The van der Waals surface area contributed by atoms with Crippen LogP contribution in [0, 0.1) is 10.8 Å². The van der Waals surface area contributed by atoms with Crippen LogP contribution in [0.4, 0.5) is 11.4 Å². The van der Waals surface area contributed by atoms with Crippen LogP contribution in [0.15, 0.2) is 102 Å². The lowest BCUT2D eigenvalue weighted by Crippen LogP contribution is -2.22. The van der Waals surface area contributed by atoms with Gasteiger partial charge in [-0.2, -0.15) is 0 Å². The minimum atomic E-state index is 0.441. The minimum Gasteiger partial charge on any atom is -0.340 e. The summed E-state index contributed by atoms with van der Waals surface area (Å²) in [5.74, 6) is 3.36. The number of thioether (sulfide) groups is 1. The van der Waals surface area contributed by atoms with Crippen molar-refractivity contribution in [1.29, 1.82) is 10.8 Å². The summed E-state index contributed by atoms with van der Waals surface area (Å²) >= 11 is 5.16.